The summed E-state index contributed by atoms with van der Waals surface area (Å²) < 4.78 is 17.0. The van der Waals surface area contributed by atoms with E-state index in [2.05, 4.69) is 15.9 Å². The number of ether oxygens (including phenoxy) is 3. The zero-order valence-corrected chi connectivity index (χ0v) is 17.5. The molecule has 0 bridgehead atoms. The molecule has 0 aromatic heterocycles. The molecule has 0 spiro atoms. The minimum atomic E-state index is -0.550. The standard InChI is InChI=1S/C22H18BrClO4/c1-26-22(25)19-17(27-13-15-8-4-2-5-9-15)12-18(21(24)20(19)23)28-14-16-10-6-3-7-11-16/h2-12H,13-14H2,1H3. The molecule has 0 aliphatic rings. The number of esters is 1. The Hall–Kier alpha value is -2.50. The average molecular weight is 462 g/mol. The second-order valence-electron chi connectivity index (χ2n) is 5.92. The third-order valence-electron chi connectivity index (χ3n) is 4.00. The van der Waals surface area contributed by atoms with Crippen LogP contribution in [0.2, 0.25) is 5.02 Å². The second kappa shape index (κ2) is 9.62. The number of carbonyl (C=O) groups excluding carboxylic acids is 1. The predicted octanol–water partition coefficient (Wildman–Crippen LogP) is 6.05. The van der Waals surface area contributed by atoms with E-state index >= 15 is 0 Å². The van der Waals surface area contributed by atoms with E-state index in [-0.39, 0.29) is 17.2 Å². The van der Waals surface area contributed by atoms with Crippen molar-refractivity contribution < 1.29 is 19.0 Å². The molecule has 4 nitrogen and oxygen atoms in total. The molecule has 0 heterocycles. The summed E-state index contributed by atoms with van der Waals surface area (Å²) in [6, 6.07) is 21.0. The summed E-state index contributed by atoms with van der Waals surface area (Å²) >= 11 is 9.80. The van der Waals surface area contributed by atoms with E-state index in [0.29, 0.717) is 22.6 Å². The molecule has 0 saturated carbocycles. The Morgan fingerprint density at radius 2 is 1.39 bits per heavy atom. The summed E-state index contributed by atoms with van der Waals surface area (Å²) in [5, 5.41) is 0.281. The van der Waals surface area contributed by atoms with Gasteiger partial charge in [0.2, 0.25) is 0 Å². The monoisotopic (exact) mass is 460 g/mol. The molecule has 3 aromatic rings. The van der Waals surface area contributed by atoms with Gasteiger partial charge in [-0.05, 0) is 27.1 Å². The van der Waals surface area contributed by atoms with Crippen molar-refractivity contribution in [3.63, 3.8) is 0 Å². The van der Waals surface area contributed by atoms with Crippen molar-refractivity contribution in [3.05, 3.63) is 92.9 Å². The third-order valence-corrected chi connectivity index (χ3v) is 5.40. The number of rotatable bonds is 7. The van der Waals surface area contributed by atoms with Gasteiger partial charge in [0, 0.05) is 6.07 Å². The van der Waals surface area contributed by atoms with Gasteiger partial charge >= 0.3 is 5.97 Å². The van der Waals surface area contributed by atoms with Gasteiger partial charge in [0.05, 0.1) is 16.6 Å². The molecule has 0 aliphatic heterocycles. The maximum absolute atomic E-state index is 12.3. The van der Waals surface area contributed by atoms with Gasteiger partial charge in [-0.3, -0.25) is 0 Å². The summed E-state index contributed by atoms with van der Waals surface area (Å²) in [5.41, 5.74) is 2.19. The fourth-order valence-corrected chi connectivity index (χ4v) is 3.32. The number of carbonyl (C=O) groups is 1. The van der Waals surface area contributed by atoms with E-state index in [0.717, 1.165) is 11.1 Å². The molecule has 0 N–H and O–H groups in total. The van der Waals surface area contributed by atoms with Gasteiger partial charge in [-0.1, -0.05) is 72.3 Å². The summed E-state index contributed by atoms with van der Waals surface area (Å²) in [6.07, 6.45) is 0. The lowest BCUT2D eigenvalue weighted by Gasteiger charge is -2.16. The Kier molecular flexibility index (Phi) is 6.95. The lowest BCUT2D eigenvalue weighted by atomic mass is 10.1. The van der Waals surface area contributed by atoms with Gasteiger partial charge in [0.25, 0.3) is 0 Å². The maximum atomic E-state index is 12.3. The Labute approximate surface area is 177 Å². The minimum absolute atomic E-state index is 0.218. The van der Waals surface area contributed by atoms with Crippen LogP contribution in [0, 0.1) is 0 Å². The lowest BCUT2D eigenvalue weighted by Crippen LogP contribution is -2.08. The van der Waals surface area contributed by atoms with Crippen LogP contribution >= 0.6 is 27.5 Å². The first kappa shape index (κ1) is 20.2. The van der Waals surface area contributed by atoms with Gasteiger partial charge in [0.15, 0.2) is 0 Å². The minimum Gasteiger partial charge on any atom is -0.488 e. The van der Waals surface area contributed by atoms with Crippen LogP contribution in [0.25, 0.3) is 0 Å². The van der Waals surface area contributed by atoms with Crippen molar-refractivity contribution in [2.45, 2.75) is 13.2 Å². The quantitative estimate of drug-likeness (QED) is 0.402. The molecule has 0 atom stereocenters. The predicted molar refractivity (Wildman–Crippen MR) is 112 cm³/mol. The molecular weight excluding hydrogens is 444 g/mol. The van der Waals surface area contributed by atoms with Crippen molar-refractivity contribution in [1.29, 1.82) is 0 Å². The molecule has 0 fully saturated rings. The fraction of sp³-hybridized carbons (Fsp3) is 0.136. The first-order valence-electron chi connectivity index (χ1n) is 8.54. The molecule has 6 heteroatoms. The molecule has 0 radical (unpaired) electrons. The molecule has 3 rings (SSSR count). The van der Waals surface area contributed by atoms with Crippen LogP contribution in [-0.2, 0) is 18.0 Å². The lowest BCUT2D eigenvalue weighted by molar-refractivity contribution is 0.0594. The molecule has 28 heavy (non-hydrogen) atoms. The van der Waals surface area contributed by atoms with Crippen molar-refractivity contribution in [3.8, 4) is 11.5 Å². The first-order chi connectivity index (χ1) is 13.6. The number of hydrogen-bond donors (Lipinski definition) is 0. The van der Waals surface area contributed by atoms with E-state index in [1.807, 2.05) is 60.7 Å². The number of methoxy groups -OCH3 is 1. The average Bonchev–Trinajstić information content (AvgIpc) is 2.74. The highest BCUT2D eigenvalue weighted by Gasteiger charge is 2.23. The number of halogens is 2. The summed E-state index contributed by atoms with van der Waals surface area (Å²) in [4.78, 5) is 12.3. The molecule has 0 aliphatic carbocycles. The van der Waals surface area contributed by atoms with E-state index < -0.39 is 5.97 Å². The van der Waals surface area contributed by atoms with Gasteiger partial charge in [-0.25, -0.2) is 4.79 Å². The van der Waals surface area contributed by atoms with E-state index in [1.165, 1.54) is 7.11 Å². The van der Waals surface area contributed by atoms with Gasteiger partial charge in [-0.15, -0.1) is 0 Å². The molecule has 144 valence electrons. The van der Waals surface area contributed by atoms with Gasteiger partial charge in [0.1, 0.15) is 30.3 Å². The van der Waals surface area contributed by atoms with E-state index in [1.54, 1.807) is 6.07 Å². The molecular formula is C22H18BrClO4. The second-order valence-corrected chi connectivity index (χ2v) is 7.09. The van der Waals surface area contributed by atoms with Crippen LogP contribution in [0.4, 0.5) is 0 Å². The molecule has 0 unspecified atom stereocenters. The summed E-state index contributed by atoms with van der Waals surface area (Å²) in [5.74, 6) is 0.189. The topological polar surface area (TPSA) is 44.8 Å². The van der Waals surface area contributed by atoms with Crippen LogP contribution in [0.15, 0.2) is 71.2 Å². The maximum Gasteiger partial charge on any atom is 0.342 e. The highest BCUT2D eigenvalue weighted by atomic mass is 79.9. The van der Waals surface area contributed by atoms with E-state index in [4.69, 9.17) is 25.8 Å². The zero-order valence-electron chi connectivity index (χ0n) is 15.2. The SMILES string of the molecule is COC(=O)c1c(OCc2ccccc2)cc(OCc2ccccc2)c(Cl)c1Br. The summed E-state index contributed by atoms with van der Waals surface area (Å²) in [6.45, 7) is 0.625. The summed E-state index contributed by atoms with van der Waals surface area (Å²) in [7, 11) is 1.31. The highest BCUT2D eigenvalue weighted by molar-refractivity contribution is 9.10. The van der Waals surface area contributed by atoms with Crippen LogP contribution < -0.4 is 9.47 Å². The molecule has 3 aromatic carbocycles. The van der Waals surface area contributed by atoms with Gasteiger partial charge < -0.3 is 14.2 Å². The third kappa shape index (κ3) is 4.86. The van der Waals surface area contributed by atoms with Crippen LogP contribution in [-0.4, -0.2) is 13.1 Å². The normalized spacial score (nSPS) is 10.4. The molecule has 0 amide bonds. The Bertz CT molecular complexity index is 946. The Morgan fingerprint density at radius 3 is 1.89 bits per heavy atom. The van der Waals surface area contributed by atoms with Crippen molar-refractivity contribution in [2.75, 3.05) is 7.11 Å². The van der Waals surface area contributed by atoms with Crippen LogP contribution in [0.5, 0.6) is 11.5 Å². The smallest absolute Gasteiger partial charge is 0.342 e. The Morgan fingerprint density at radius 1 is 0.893 bits per heavy atom. The largest absolute Gasteiger partial charge is 0.488 e. The molecule has 0 saturated heterocycles. The van der Waals surface area contributed by atoms with Crippen molar-refractivity contribution >= 4 is 33.5 Å². The van der Waals surface area contributed by atoms with Crippen molar-refractivity contribution in [1.82, 2.24) is 0 Å². The van der Waals surface area contributed by atoms with Crippen LogP contribution in [0.3, 0.4) is 0 Å². The van der Waals surface area contributed by atoms with E-state index in [9.17, 15) is 4.79 Å². The highest BCUT2D eigenvalue weighted by Crippen LogP contribution is 2.41. The fourth-order valence-electron chi connectivity index (χ4n) is 2.56. The van der Waals surface area contributed by atoms with Crippen LogP contribution in [0.1, 0.15) is 21.5 Å². The van der Waals surface area contributed by atoms with Crippen molar-refractivity contribution in [2.24, 2.45) is 0 Å². The first-order valence-corrected chi connectivity index (χ1v) is 9.71. The zero-order chi connectivity index (χ0) is 19.9. The van der Waals surface area contributed by atoms with Gasteiger partial charge in [-0.2, -0.15) is 0 Å². The Balaban J connectivity index is 1.90. The number of hydrogen-bond acceptors (Lipinski definition) is 4. The number of benzene rings is 3.